The number of thioether (sulfide) groups is 1. The summed E-state index contributed by atoms with van der Waals surface area (Å²) in [5.74, 6) is 1.23. The molecule has 6 heteroatoms. The highest BCUT2D eigenvalue weighted by molar-refractivity contribution is 8.03. The number of H-pyrrole nitrogens is 1. The fraction of sp³-hybridized carbons (Fsp3) is 0.278. The van der Waals surface area contributed by atoms with Crippen molar-refractivity contribution in [3.63, 3.8) is 0 Å². The number of nitriles is 1. The first kappa shape index (κ1) is 16.5. The van der Waals surface area contributed by atoms with E-state index in [2.05, 4.69) is 18.0 Å². The molecule has 0 spiro atoms. The van der Waals surface area contributed by atoms with Crippen LogP contribution in [0.1, 0.15) is 18.9 Å². The van der Waals surface area contributed by atoms with Gasteiger partial charge in [-0.2, -0.15) is 5.26 Å². The van der Waals surface area contributed by atoms with E-state index in [0.29, 0.717) is 11.4 Å². The van der Waals surface area contributed by atoms with Crippen LogP contribution >= 0.6 is 11.8 Å². The first-order valence-corrected chi connectivity index (χ1v) is 8.33. The molecule has 0 radical (unpaired) electrons. The van der Waals surface area contributed by atoms with E-state index in [0.717, 1.165) is 32.9 Å². The molecule has 1 aromatic carbocycles. The zero-order chi connectivity index (χ0) is 17.3. The molecule has 1 heterocycles. The van der Waals surface area contributed by atoms with Gasteiger partial charge in [-0.3, -0.25) is 0 Å². The van der Waals surface area contributed by atoms with E-state index < -0.39 is 5.60 Å². The number of ether oxygens (including phenoxy) is 2. The molecular weight excluding hydrogens is 322 g/mol. The van der Waals surface area contributed by atoms with Crippen LogP contribution in [0.25, 0.3) is 10.9 Å². The van der Waals surface area contributed by atoms with Crippen LogP contribution in [0.15, 0.2) is 45.9 Å². The number of methoxy groups -OCH3 is 2. The molecule has 5 nitrogen and oxygen atoms in total. The molecule has 1 aromatic heterocycles. The fourth-order valence-corrected chi connectivity index (χ4v) is 3.83. The molecule has 0 saturated carbocycles. The molecule has 2 aromatic rings. The number of rotatable bonds is 4. The number of nitrogens with two attached hydrogens (primary N) is 1. The number of hydrogen-bond acceptors (Lipinski definition) is 5. The molecule has 0 aliphatic heterocycles. The minimum atomic E-state index is -0.392. The zero-order valence-corrected chi connectivity index (χ0v) is 14.7. The van der Waals surface area contributed by atoms with Gasteiger partial charge in [-0.1, -0.05) is 11.8 Å². The normalized spacial score (nSPS) is 20.4. The molecule has 1 aliphatic carbocycles. The Labute approximate surface area is 145 Å². The van der Waals surface area contributed by atoms with Gasteiger partial charge >= 0.3 is 0 Å². The highest BCUT2D eigenvalue weighted by Gasteiger charge is 2.32. The molecule has 124 valence electrons. The van der Waals surface area contributed by atoms with Crippen LogP contribution in [-0.2, 0) is 9.47 Å². The summed E-state index contributed by atoms with van der Waals surface area (Å²) in [5, 5.41) is 10.1. The number of nitrogen functional groups attached to an aromatic ring is 1. The zero-order valence-electron chi connectivity index (χ0n) is 13.8. The van der Waals surface area contributed by atoms with Gasteiger partial charge in [0.2, 0.25) is 0 Å². The Morgan fingerprint density at radius 3 is 2.83 bits per heavy atom. The standard InChI is InChI=1S/C18H19N3O2S/c1-18(23-3)7-6-11(22-2)8-16(18)24-12-4-5-15-13(9-12)14(10-19)17(20)21-15/h4-6,8-9,21H,7,20H2,1-3H3. The van der Waals surface area contributed by atoms with Crippen molar-refractivity contribution >= 4 is 28.5 Å². The topological polar surface area (TPSA) is 84.1 Å². The van der Waals surface area contributed by atoms with Crippen LogP contribution < -0.4 is 5.73 Å². The number of aromatic nitrogens is 1. The number of anilines is 1. The summed E-state index contributed by atoms with van der Waals surface area (Å²) in [7, 11) is 3.37. The quantitative estimate of drug-likeness (QED) is 0.880. The largest absolute Gasteiger partial charge is 0.497 e. The van der Waals surface area contributed by atoms with Gasteiger partial charge in [0.15, 0.2) is 0 Å². The Morgan fingerprint density at radius 1 is 1.38 bits per heavy atom. The summed E-state index contributed by atoms with van der Waals surface area (Å²) in [6.45, 7) is 2.06. The Kier molecular flexibility index (Phi) is 4.31. The number of benzene rings is 1. The summed E-state index contributed by atoms with van der Waals surface area (Å²) < 4.78 is 11.1. The van der Waals surface area contributed by atoms with Gasteiger partial charge in [-0.05, 0) is 37.3 Å². The lowest BCUT2D eigenvalue weighted by molar-refractivity contribution is 0.0452. The first-order valence-electron chi connectivity index (χ1n) is 7.51. The highest BCUT2D eigenvalue weighted by Crippen LogP contribution is 2.42. The van der Waals surface area contributed by atoms with Gasteiger partial charge in [-0.15, -0.1) is 0 Å². The molecule has 3 N–H and O–H groups in total. The summed E-state index contributed by atoms with van der Waals surface area (Å²) in [5.41, 5.74) is 6.81. The molecule has 1 unspecified atom stereocenters. The average Bonchev–Trinajstić information content (AvgIpc) is 2.91. The number of hydrogen-bond donors (Lipinski definition) is 2. The second-order valence-corrected chi connectivity index (χ2v) is 6.91. The van der Waals surface area contributed by atoms with Crippen molar-refractivity contribution in [3.05, 3.63) is 46.6 Å². The van der Waals surface area contributed by atoms with E-state index in [9.17, 15) is 5.26 Å². The minimum absolute atomic E-state index is 0.392. The van der Waals surface area contributed by atoms with Crippen LogP contribution in [-0.4, -0.2) is 24.8 Å². The monoisotopic (exact) mass is 341 g/mol. The average molecular weight is 341 g/mol. The van der Waals surface area contributed by atoms with Crippen molar-refractivity contribution in [2.24, 2.45) is 0 Å². The molecule has 1 aliphatic rings. The Hall–Kier alpha value is -2.36. The Morgan fingerprint density at radius 2 is 2.17 bits per heavy atom. The van der Waals surface area contributed by atoms with E-state index in [1.54, 1.807) is 26.0 Å². The van der Waals surface area contributed by atoms with Crippen LogP contribution in [0.5, 0.6) is 0 Å². The molecule has 3 rings (SSSR count). The molecule has 0 saturated heterocycles. The summed E-state index contributed by atoms with van der Waals surface area (Å²) in [6.07, 6.45) is 4.77. The van der Waals surface area contributed by atoms with Gasteiger partial charge in [0.05, 0.1) is 12.7 Å². The lowest BCUT2D eigenvalue weighted by Gasteiger charge is -2.32. The molecule has 0 fully saturated rings. The van der Waals surface area contributed by atoms with Gasteiger partial charge < -0.3 is 20.2 Å². The minimum Gasteiger partial charge on any atom is -0.497 e. The van der Waals surface area contributed by atoms with Crippen LogP contribution in [0, 0.1) is 11.3 Å². The van der Waals surface area contributed by atoms with E-state index in [4.69, 9.17) is 15.2 Å². The van der Waals surface area contributed by atoms with Crippen molar-refractivity contribution in [1.82, 2.24) is 4.98 Å². The highest BCUT2D eigenvalue weighted by atomic mass is 32.2. The third-order valence-corrected chi connectivity index (χ3v) is 5.57. The second-order valence-electron chi connectivity index (χ2n) is 5.79. The fourth-order valence-electron chi connectivity index (χ4n) is 2.70. The maximum absolute atomic E-state index is 9.29. The van der Waals surface area contributed by atoms with Gasteiger partial charge in [-0.25, -0.2) is 0 Å². The lowest BCUT2D eigenvalue weighted by atomic mass is 9.96. The van der Waals surface area contributed by atoms with Crippen molar-refractivity contribution in [2.75, 3.05) is 20.0 Å². The predicted molar refractivity (Wildman–Crippen MR) is 96.5 cm³/mol. The molecule has 0 bridgehead atoms. The molecule has 24 heavy (non-hydrogen) atoms. The SMILES string of the molecule is COC1=CCC(C)(OC)C(Sc2ccc3[nH]c(N)c(C#N)c3c2)=C1. The Balaban J connectivity index is 2.00. The van der Waals surface area contributed by atoms with Crippen molar-refractivity contribution < 1.29 is 9.47 Å². The number of nitrogens with one attached hydrogen (secondary N) is 1. The van der Waals surface area contributed by atoms with E-state index in [1.165, 1.54) is 0 Å². The number of aromatic amines is 1. The maximum atomic E-state index is 9.29. The summed E-state index contributed by atoms with van der Waals surface area (Å²) in [4.78, 5) is 5.11. The van der Waals surface area contributed by atoms with Crippen LogP contribution in [0.3, 0.4) is 0 Å². The lowest BCUT2D eigenvalue weighted by Crippen LogP contribution is -2.30. The van der Waals surface area contributed by atoms with Crippen molar-refractivity contribution in [2.45, 2.75) is 23.8 Å². The maximum Gasteiger partial charge on any atom is 0.119 e. The van der Waals surface area contributed by atoms with Gasteiger partial charge in [0, 0.05) is 34.2 Å². The molecule has 0 amide bonds. The smallest absolute Gasteiger partial charge is 0.119 e. The number of allylic oxidation sites excluding steroid dienone is 1. The second kappa shape index (κ2) is 6.27. The summed E-state index contributed by atoms with van der Waals surface area (Å²) in [6, 6.07) is 8.08. The van der Waals surface area contributed by atoms with E-state index in [-0.39, 0.29) is 0 Å². The summed E-state index contributed by atoms with van der Waals surface area (Å²) >= 11 is 1.61. The number of nitrogens with zero attached hydrogens (tertiary/aromatic N) is 1. The van der Waals surface area contributed by atoms with Crippen LogP contribution in [0.4, 0.5) is 5.82 Å². The first-order chi connectivity index (χ1) is 11.5. The van der Waals surface area contributed by atoms with Crippen LogP contribution in [0.2, 0.25) is 0 Å². The van der Waals surface area contributed by atoms with Gasteiger partial charge in [0.1, 0.15) is 23.2 Å². The van der Waals surface area contributed by atoms with Gasteiger partial charge in [0.25, 0.3) is 0 Å². The molecular formula is C18H19N3O2S. The van der Waals surface area contributed by atoms with E-state index >= 15 is 0 Å². The molecule has 1 atom stereocenters. The van der Waals surface area contributed by atoms with Crippen molar-refractivity contribution in [1.29, 1.82) is 5.26 Å². The third kappa shape index (κ3) is 2.77. The number of fused-ring (bicyclic) bond motifs is 1. The Bertz CT molecular complexity index is 892. The van der Waals surface area contributed by atoms with Crippen molar-refractivity contribution in [3.8, 4) is 6.07 Å². The van der Waals surface area contributed by atoms with E-state index in [1.807, 2.05) is 30.4 Å². The third-order valence-electron chi connectivity index (χ3n) is 4.31. The predicted octanol–water partition coefficient (Wildman–Crippen LogP) is 3.94.